The first-order valence-corrected chi connectivity index (χ1v) is 4.43. The van der Waals surface area contributed by atoms with Gasteiger partial charge in [-0.05, 0) is 0 Å². The molecule has 0 aliphatic carbocycles. The summed E-state index contributed by atoms with van der Waals surface area (Å²) in [5.74, 6) is -0.248. The average molecular weight is 209 g/mol. The lowest BCUT2D eigenvalue weighted by Crippen LogP contribution is -1.96. The van der Waals surface area contributed by atoms with Crippen LogP contribution in [0.25, 0.3) is 10.9 Å². The molecule has 0 saturated carbocycles. The molecule has 0 aliphatic rings. The van der Waals surface area contributed by atoms with Crippen molar-refractivity contribution >= 4 is 10.9 Å². The molecule has 0 aliphatic heterocycles. The van der Waals surface area contributed by atoms with Crippen LogP contribution in [-0.4, -0.2) is 25.0 Å². The quantitative estimate of drug-likeness (QED) is 0.580. The van der Waals surface area contributed by atoms with Crippen LogP contribution in [0.1, 0.15) is 5.56 Å². The number of phenols is 1. The Morgan fingerprint density at radius 1 is 1.13 bits per heavy atom. The van der Waals surface area contributed by atoms with Gasteiger partial charge in [-0.2, -0.15) is 0 Å². The number of aromatic nitrogens is 1. The molecular formula is C10H11NO4. The standard InChI is InChI=1S/C10H11NO4/c12-4-7-2-1-6-3-8(14)11(5-13)9(6)10(7)15/h1-3,12-15H,4-5H2. The number of aliphatic hydroxyl groups excluding tert-OH is 2. The fraction of sp³-hybridized carbons (Fsp3) is 0.200. The van der Waals surface area contributed by atoms with E-state index < -0.39 is 6.73 Å². The SMILES string of the molecule is OCc1ccc2cc(O)n(CO)c2c1O. The summed E-state index contributed by atoms with van der Waals surface area (Å²) < 4.78 is 1.16. The lowest BCUT2D eigenvalue weighted by molar-refractivity contribution is 0.201. The minimum Gasteiger partial charge on any atom is -0.505 e. The predicted octanol–water partition coefficient (Wildman–Crippen LogP) is 0.495. The molecule has 1 aromatic carbocycles. The minimum absolute atomic E-state index is 0.121. The van der Waals surface area contributed by atoms with Crippen LogP contribution in [0.5, 0.6) is 11.6 Å². The third-order valence-electron chi connectivity index (χ3n) is 2.41. The van der Waals surface area contributed by atoms with E-state index in [9.17, 15) is 10.2 Å². The highest BCUT2D eigenvalue weighted by molar-refractivity contribution is 5.88. The zero-order chi connectivity index (χ0) is 11.0. The maximum atomic E-state index is 9.77. The van der Waals surface area contributed by atoms with Crippen molar-refractivity contribution < 1.29 is 20.4 Å². The Morgan fingerprint density at radius 3 is 2.47 bits per heavy atom. The number of aliphatic hydroxyl groups is 2. The first-order valence-electron chi connectivity index (χ1n) is 4.43. The van der Waals surface area contributed by atoms with Crippen LogP contribution in [0.15, 0.2) is 18.2 Å². The molecule has 0 bridgehead atoms. The molecule has 5 heteroatoms. The van der Waals surface area contributed by atoms with E-state index >= 15 is 0 Å². The second-order valence-corrected chi connectivity index (χ2v) is 3.24. The molecule has 1 heterocycles. The number of fused-ring (bicyclic) bond motifs is 1. The molecule has 0 spiro atoms. The smallest absolute Gasteiger partial charge is 0.194 e. The van der Waals surface area contributed by atoms with Gasteiger partial charge < -0.3 is 20.4 Å². The molecule has 4 N–H and O–H groups in total. The number of hydrogen-bond acceptors (Lipinski definition) is 4. The van der Waals surface area contributed by atoms with Crippen LogP contribution in [0.2, 0.25) is 0 Å². The lowest BCUT2D eigenvalue weighted by atomic mass is 10.1. The molecule has 0 amide bonds. The predicted molar refractivity (Wildman–Crippen MR) is 53.4 cm³/mol. The summed E-state index contributed by atoms with van der Waals surface area (Å²) in [6, 6.07) is 4.66. The van der Waals surface area contributed by atoms with Crippen LogP contribution in [0, 0.1) is 0 Å². The Labute approximate surface area is 85.4 Å². The average Bonchev–Trinajstić information content (AvgIpc) is 2.55. The van der Waals surface area contributed by atoms with Crippen LogP contribution in [-0.2, 0) is 13.3 Å². The number of nitrogens with zero attached hydrogens (tertiary/aromatic N) is 1. The highest BCUT2D eigenvalue weighted by atomic mass is 16.3. The van der Waals surface area contributed by atoms with Crippen LogP contribution in [0.3, 0.4) is 0 Å². The molecular weight excluding hydrogens is 198 g/mol. The summed E-state index contributed by atoms with van der Waals surface area (Å²) >= 11 is 0. The van der Waals surface area contributed by atoms with Crippen LogP contribution >= 0.6 is 0 Å². The second-order valence-electron chi connectivity index (χ2n) is 3.24. The van der Waals surface area contributed by atoms with Gasteiger partial charge in [0, 0.05) is 17.0 Å². The van der Waals surface area contributed by atoms with E-state index in [1.54, 1.807) is 12.1 Å². The summed E-state index contributed by atoms with van der Waals surface area (Å²) in [5, 5.41) is 37.8. The van der Waals surface area contributed by atoms with E-state index in [-0.39, 0.29) is 18.2 Å². The topological polar surface area (TPSA) is 85.9 Å². The third-order valence-corrected chi connectivity index (χ3v) is 2.41. The summed E-state index contributed by atoms with van der Waals surface area (Å²) in [7, 11) is 0. The van der Waals surface area contributed by atoms with E-state index in [0.29, 0.717) is 16.5 Å². The van der Waals surface area contributed by atoms with E-state index in [2.05, 4.69) is 0 Å². The van der Waals surface area contributed by atoms with Crippen molar-refractivity contribution in [2.75, 3.05) is 0 Å². The number of benzene rings is 1. The monoisotopic (exact) mass is 209 g/mol. The highest BCUT2D eigenvalue weighted by Gasteiger charge is 2.13. The minimum atomic E-state index is -0.433. The van der Waals surface area contributed by atoms with Gasteiger partial charge in [0.2, 0.25) is 0 Å². The van der Waals surface area contributed by atoms with E-state index in [1.165, 1.54) is 6.07 Å². The van der Waals surface area contributed by atoms with Crippen molar-refractivity contribution in [3.05, 3.63) is 23.8 Å². The van der Waals surface area contributed by atoms with Gasteiger partial charge in [0.1, 0.15) is 12.5 Å². The van der Waals surface area contributed by atoms with Gasteiger partial charge in [-0.3, -0.25) is 4.57 Å². The molecule has 0 saturated heterocycles. The Bertz CT molecular complexity index is 504. The second kappa shape index (κ2) is 3.45. The Hall–Kier alpha value is -1.72. The first-order chi connectivity index (χ1) is 7.19. The van der Waals surface area contributed by atoms with E-state index in [0.717, 1.165) is 4.57 Å². The summed E-state index contributed by atoms with van der Waals surface area (Å²) in [6.45, 7) is -0.725. The first kappa shape index (κ1) is 9.82. The van der Waals surface area contributed by atoms with E-state index in [4.69, 9.17) is 10.2 Å². The molecule has 0 fully saturated rings. The van der Waals surface area contributed by atoms with Crippen molar-refractivity contribution in [2.45, 2.75) is 13.3 Å². The van der Waals surface area contributed by atoms with Crippen molar-refractivity contribution in [1.29, 1.82) is 0 Å². The van der Waals surface area contributed by atoms with Gasteiger partial charge in [-0.25, -0.2) is 0 Å². The largest absolute Gasteiger partial charge is 0.505 e. The zero-order valence-electron chi connectivity index (χ0n) is 7.88. The van der Waals surface area contributed by atoms with Gasteiger partial charge in [0.25, 0.3) is 0 Å². The molecule has 2 rings (SSSR count). The van der Waals surface area contributed by atoms with Crippen molar-refractivity contribution in [3.8, 4) is 11.6 Å². The maximum Gasteiger partial charge on any atom is 0.194 e. The molecule has 0 unspecified atom stereocenters. The number of aromatic hydroxyl groups is 2. The highest BCUT2D eigenvalue weighted by Crippen LogP contribution is 2.33. The lowest BCUT2D eigenvalue weighted by Gasteiger charge is -2.06. The molecule has 1 aromatic heterocycles. The fourth-order valence-corrected chi connectivity index (χ4v) is 1.64. The Morgan fingerprint density at radius 2 is 1.87 bits per heavy atom. The van der Waals surface area contributed by atoms with Crippen LogP contribution in [0.4, 0.5) is 0 Å². The maximum absolute atomic E-state index is 9.77. The van der Waals surface area contributed by atoms with E-state index in [1.807, 2.05) is 0 Å². The van der Waals surface area contributed by atoms with Gasteiger partial charge in [-0.1, -0.05) is 12.1 Å². The van der Waals surface area contributed by atoms with Crippen molar-refractivity contribution in [1.82, 2.24) is 4.57 Å². The molecule has 2 aromatic rings. The van der Waals surface area contributed by atoms with Crippen molar-refractivity contribution in [3.63, 3.8) is 0 Å². The summed E-state index contributed by atoms with van der Waals surface area (Å²) in [4.78, 5) is 0. The number of hydrogen-bond donors (Lipinski definition) is 4. The van der Waals surface area contributed by atoms with Crippen molar-refractivity contribution in [2.24, 2.45) is 0 Å². The van der Waals surface area contributed by atoms with Gasteiger partial charge in [0.05, 0.1) is 12.1 Å². The zero-order valence-corrected chi connectivity index (χ0v) is 7.88. The molecule has 15 heavy (non-hydrogen) atoms. The fourth-order valence-electron chi connectivity index (χ4n) is 1.64. The summed E-state index contributed by atoms with van der Waals surface area (Å²) in [6.07, 6.45) is 0. The molecule has 0 atom stereocenters. The van der Waals surface area contributed by atoms with Gasteiger partial charge in [-0.15, -0.1) is 0 Å². The molecule has 80 valence electrons. The molecule has 5 nitrogen and oxygen atoms in total. The Balaban J connectivity index is 2.83. The Kier molecular flexibility index (Phi) is 2.26. The van der Waals surface area contributed by atoms with Crippen LogP contribution < -0.4 is 0 Å². The third kappa shape index (κ3) is 1.33. The van der Waals surface area contributed by atoms with Gasteiger partial charge >= 0.3 is 0 Å². The normalized spacial score (nSPS) is 11.1. The number of rotatable bonds is 2. The van der Waals surface area contributed by atoms with Gasteiger partial charge in [0.15, 0.2) is 5.88 Å². The summed E-state index contributed by atoms with van der Waals surface area (Å²) in [5.41, 5.74) is 0.678. The molecule has 0 radical (unpaired) electrons.